The second-order valence-electron chi connectivity index (χ2n) is 17.0. The number of hydrogen-bond donors (Lipinski definition) is 0. The first kappa shape index (κ1) is 41.8. The van der Waals surface area contributed by atoms with Crippen LogP contribution < -0.4 is 0 Å². The zero-order chi connectivity index (χ0) is 45.8. The van der Waals surface area contributed by atoms with Crippen molar-refractivity contribution < 1.29 is 0 Å². The van der Waals surface area contributed by atoms with Crippen LogP contribution in [0.25, 0.3) is 78.7 Å². The smallest absolute Gasteiger partial charge is 0.164 e. The summed E-state index contributed by atoms with van der Waals surface area (Å²) >= 11 is 0. The van der Waals surface area contributed by atoms with Crippen molar-refractivity contribution in [3.8, 4) is 78.7 Å². The van der Waals surface area contributed by atoms with Gasteiger partial charge < -0.3 is 4.90 Å². The molecule has 1 unspecified atom stereocenters. The van der Waals surface area contributed by atoms with Crippen molar-refractivity contribution in [3.05, 3.63) is 259 Å². The van der Waals surface area contributed by atoms with Gasteiger partial charge in [0.2, 0.25) is 0 Å². The van der Waals surface area contributed by atoms with Crippen LogP contribution in [0.5, 0.6) is 0 Å². The van der Waals surface area contributed by atoms with E-state index in [1.807, 2.05) is 84.9 Å². The Kier molecular flexibility index (Phi) is 11.4. The van der Waals surface area contributed by atoms with Gasteiger partial charge >= 0.3 is 0 Å². The van der Waals surface area contributed by atoms with Gasteiger partial charge in [0.05, 0.1) is 0 Å². The zero-order valence-electron chi connectivity index (χ0n) is 37.8. The molecule has 0 saturated heterocycles. The summed E-state index contributed by atoms with van der Waals surface area (Å²) in [7, 11) is 2.10. The minimum Gasteiger partial charge on any atom is -0.333 e. The highest BCUT2D eigenvalue weighted by Gasteiger charge is 2.28. The van der Waals surface area contributed by atoms with E-state index in [1.54, 1.807) is 0 Å². The van der Waals surface area contributed by atoms with Gasteiger partial charge in [0.15, 0.2) is 29.5 Å². The van der Waals surface area contributed by atoms with E-state index < -0.39 is 0 Å². The Bertz CT molecular complexity index is 3420. The number of aliphatic imine (C=N–C) groups is 2. The zero-order valence-corrected chi connectivity index (χ0v) is 37.8. The first-order valence-electron chi connectivity index (χ1n) is 22.9. The van der Waals surface area contributed by atoms with Gasteiger partial charge in [0.1, 0.15) is 5.84 Å². The van der Waals surface area contributed by atoms with Crippen LogP contribution in [0.2, 0.25) is 0 Å². The van der Waals surface area contributed by atoms with Crippen LogP contribution in [0.4, 0.5) is 0 Å². The summed E-state index contributed by atoms with van der Waals surface area (Å²) in [6.07, 6.45) is -0.305. The first-order valence-corrected chi connectivity index (χ1v) is 22.9. The van der Waals surface area contributed by atoms with Gasteiger partial charge in [-0.05, 0) is 92.9 Å². The average molecular weight is 875 g/mol. The quantitative estimate of drug-likeness (QED) is 0.137. The summed E-state index contributed by atoms with van der Waals surface area (Å²) in [6, 6.07) is 82.4. The number of nitrogens with zero attached hydrogens (tertiary/aromatic N) is 6. The van der Waals surface area contributed by atoms with E-state index in [9.17, 15) is 0 Å². The Labute approximate surface area is 397 Å². The van der Waals surface area contributed by atoms with Crippen molar-refractivity contribution in [3.63, 3.8) is 0 Å². The van der Waals surface area contributed by atoms with Crippen LogP contribution in [0.3, 0.4) is 0 Å². The summed E-state index contributed by atoms with van der Waals surface area (Å²) in [4.78, 5) is 27.6. The lowest BCUT2D eigenvalue weighted by atomic mass is 9.93. The minimum absolute atomic E-state index is 0.305. The van der Waals surface area contributed by atoms with Crippen molar-refractivity contribution in [2.24, 2.45) is 9.98 Å². The minimum atomic E-state index is -0.305. The summed E-state index contributed by atoms with van der Waals surface area (Å²) in [6.45, 7) is 2.18. The van der Waals surface area contributed by atoms with E-state index in [0.717, 1.165) is 78.2 Å². The second-order valence-corrected chi connectivity index (χ2v) is 17.0. The predicted molar refractivity (Wildman–Crippen MR) is 279 cm³/mol. The fourth-order valence-electron chi connectivity index (χ4n) is 8.92. The first-order chi connectivity index (χ1) is 33.5. The summed E-state index contributed by atoms with van der Waals surface area (Å²) in [5.41, 5.74) is 16.2. The lowest BCUT2D eigenvalue weighted by molar-refractivity contribution is 0.383. The van der Waals surface area contributed by atoms with Crippen LogP contribution in [0, 0.1) is 6.92 Å². The highest BCUT2D eigenvalue weighted by molar-refractivity contribution is 6.13. The van der Waals surface area contributed by atoms with Crippen LogP contribution in [-0.2, 0) is 0 Å². The SMILES string of the molecule is Cc1ccc(C2N=C(c3ccccc3)N=C(c3cccc(-c4ccccc4)c3)N2C)cc1-c1cccc(-c2cccc(-c3cccc(-c4nc(-c5ccccc5)nc(-c5ccccc5)n4)c3)c2)c1. The van der Waals surface area contributed by atoms with Gasteiger partial charge in [-0.25, -0.2) is 24.9 Å². The number of hydrogen-bond acceptors (Lipinski definition) is 6. The lowest BCUT2D eigenvalue weighted by Gasteiger charge is -2.33. The molecule has 9 aromatic carbocycles. The molecule has 0 amide bonds. The van der Waals surface area contributed by atoms with Crippen LogP contribution in [-0.4, -0.2) is 38.6 Å². The number of amidine groups is 2. The fourth-order valence-corrected chi connectivity index (χ4v) is 8.92. The molecule has 0 spiro atoms. The lowest BCUT2D eigenvalue weighted by Crippen LogP contribution is -2.35. The predicted octanol–water partition coefficient (Wildman–Crippen LogP) is 14.7. The maximum absolute atomic E-state index is 5.33. The number of aryl methyl sites for hydroxylation is 1. The number of aromatic nitrogens is 3. The van der Waals surface area contributed by atoms with Gasteiger partial charge in [-0.3, -0.25) is 0 Å². The third-order valence-corrected chi connectivity index (χ3v) is 12.5. The molecule has 1 aliphatic rings. The number of benzene rings is 9. The molecule has 6 nitrogen and oxygen atoms in total. The van der Waals surface area contributed by atoms with Gasteiger partial charge in [-0.15, -0.1) is 0 Å². The summed E-state index contributed by atoms with van der Waals surface area (Å²) < 4.78 is 0. The molecule has 0 saturated carbocycles. The Morgan fingerprint density at radius 1 is 0.338 bits per heavy atom. The standard InChI is InChI=1S/C62H46N6/c1-42-35-36-55(62-67-59(46-25-13-6-14-26-46)66-61(68(62)2)54-34-18-27-47(40-54)43-19-7-3-8-20-43)41-56(42)52-32-16-30-50(38-52)48-28-15-29-49(37-48)51-31-17-33-53(39-51)60-64-57(44-21-9-4-10-22-44)63-58(65-60)45-23-11-5-12-24-45/h3-41,62H,1-2H3. The molecule has 324 valence electrons. The van der Waals surface area contributed by atoms with Crippen LogP contribution in [0.1, 0.15) is 28.4 Å². The molecule has 10 aromatic rings. The fraction of sp³-hybridized carbons (Fsp3) is 0.0484. The van der Waals surface area contributed by atoms with Crippen molar-refractivity contribution in [2.45, 2.75) is 13.1 Å². The van der Waals surface area contributed by atoms with E-state index in [2.05, 4.69) is 171 Å². The van der Waals surface area contributed by atoms with Crippen LogP contribution >= 0.6 is 0 Å². The molecule has 1 atom stereocenters. The molecule has 0 bridgehead atoms. The van der Waals surface area contributed by atoms with Gasteiger partial charge in [0.25, 0.3) is 0 Å². The van der Waals surface area contributed by atoms with E-state index in [-0.39, 0.29) is 6.17 Å². The molecule has 0 radical (unpaired) electrons. The third-order valence-electron chi connectivity index (χ3n) is 12.5. The topological polar surface area (TPSA) is 66.6 Å². The molecular weight excluding hydrogens is 829 g/mol. The summed E-state index contributed by atoms with van der Waals surface area (Å²) in [5, 5.41) is 0. The Morgan fingerprint density at radius 2 is 0.721 bits per heavy atom. The normalized spacial score (nSPS) is 13.4. The van der Waals surface area contributed by atoms with Gasteiger partial charge in [0, 0.05) is 34.9 Å². The molecule has 0 aliphatic carbocycles. The molecule has 6 heteroatoms. The monoisotopic (exact) mass is 874 g/mol. The Hall–Kier alpha value is -8.87. The molecule has 0 N–H and O–H groups in total. The van der Waals surface area contributed by atoms with E-state index in [4.69, 9.17) is 24.9 Å². The maximum Gasteiger partial charge on any atom is 0.164 e. The highest BCUT2D eigenvalue weighted by Crippen LogP contribution is 2.36. The Morgan fingerprint density at radius 3 is 1.26 bits per heavy atom. The van der Waals surface area contributed by atoms with Crippen molar-refractivity contribution in [1.82, 2.24) is 19.9 Å². The molecule has 1 aromatic heterocycles. The average Bonchev–Trinajstić information content (AvgIpc) is 3.42. The second kappa shape index (κ2) is 18.6. The third kappa shape index (κ3) is 8.66. The van der Waals surface area contributed by atoms with E-state index in [1.165, 1.54) is 11.1 Å². The maximum atomic E-state index is 5.33. The molecule has 1 aliphatic heterocycles. The van der Waals surface area contributed by atoms with Gasteiger partial charge in [-0.1, -0.05) is 206 Å². The Balaban J connectivity index is 0.917. The largest absolute Gasteiger partial charge is 0.333 e. The number of rotatable bonds is 10. The molecule has 0 fully saturated rings. The molecular formula is C62H46N6. The van der Waals surface area contributed by atoms with Crippen molar-refractivity contribution >= 4 is 11.7 Å². The highest BCUT2D eigenvalue weighted by atomic mass is 15.3. The molecule has 11 rings (SSSR count). The van der Waals surface area contributed by atoms with Crippen molar-refractivity contribution in [1.29, 1.82) is 0 Å². The van der Waals surface area contributed by atoms with Crippen LogP contribution in [0.15, 0.2) is 247 Å². The molecule has 2 heterocycles. The summed E-state index contributed by atoms with van der Waals surface area (Å²) in [5.74, 6) is 3.50. The van der Waals surface area contributed by atoms with Crippen molar-refractivity contribution in [2.75, 3.05) is 7.05 Å². The van der Waals surface area contributed by atoms with E-state index >= 15 is 0 Å². The van der Waals surface area contributed by atoms with Gasteiger partial charge in [-0.2, -0.15) is 0 Å². The molecule has 68 heavy (non-hydrogen) atoms. The van der Waals surface area contributed by atoms with E-state index in [0.29, 0.717) is 23.3 Å².